The van der Waals surface area contributed by atoms with E-state index in [-0.39, 0.29) is 0 Å². The van der Waals surface area contributed by atoms with Crippen LogP contribution < -0.4 is 0 Å². The van der Waals surface area contributed by atoms with E-state index in [1.54, 1.807) is 0 Å². The number of hydrogen-bond donors (Lipinski definition) is 0. The van der Waals surface area contributed by atoms with Gasteiger partial charge in [0.25, 0.3) is 0 Å². The maximum absolute atomic E-state index is 3.65. The number of rotatable bonds is 8. The molecule has 0 saturated carbocycles. The van der Waals surface area contributed by atoms with Crippen LogP contribution in [-0.4, -0.2) is 27.4 Å². The first-order valence-corrected chi connectivity index (χ1v) is 14.4. The summed E-state index contributed by atoms with van der Waals surface area (Å²) in [4.78, 5) is 1.38. The Morgan fingerprint density at radius 1 is 0.600 bits per heavy atom. The van der Waals surface area contributed by atoms with Gasteiger partial charge in [-0.15, -0.1) is 0 Å². The fraction of sp³-hybridized carbons (Fsp3) is 0.182. The molecule has 3 aromatic carbocycles. The predicted molar refractivity (Wildman–Crippen MR) is 115 cm³/mol. The van der Waals surface area contributed by atoms with Crippen LogP contribution in [0.4, 0.5) is 0 Å². The first-order chi connectivity index (χ1) is 12.2. The molecule has 0 atom stereocenters. The first-order valence-electron chi connectivity index (χ1n) is 8.64. The Balaban J connectivity index is 1.71. The Kier molecular flexibility index (Phi) is 7.20. The third-order valence-electron chi connectivity index (χ3n) is 4.18. The number of benzene rings is 3. The van der Waals surface area contributed by atoms with Gasteiger partial charge >= 0.3 is 163 Å². The van der Waals surface area contributed by atoms with Gasteiger partial charge in [0, 0.05) is 0 Å². The third kappa shape index (κ3) is 6.32. The molecule has 0 nitrogen and oxygen atoms in total. The normalized spacial score (nSPS) is 11.4. The van der Waals surface area contributed by atoms with E-state index in [1.165, 1.54) is 28.3 Å². The minimum absolute atomic E-state index is 1.15. The molecule has 0 unspecified atom stereocenters. The van der Waals surface area contributed by atoms with Gasteiger partial charge in [-0.2, -0.15) is 0 Å². The van der Waals surface area contributed by atoms with Crippen molar-refractivity contribution < 1.29 is 0 Å². The average molecular weight is 429 g/mol. The molecule has 0 heterocycles. The van der Waals surface area contributed by atoms with Crippen LogP contribution in [0.5, 0.6) is 0 Å². The van der Waals surface area contributed by atoms with Crippen molar-refractivity contribution in [2.24, 2.45) is 0 Å². The zero-order chi connectivity index (χ0) is 17.4. The van der Waals surface area contributed by atoms with Crippen LogP contribution in [0.2, 0.25) is 0 Å². The molecular formula is C22H23PSSe. The van der Waals surface area contributed by atoms with Gasteiger partial charge in [0.15, 0.2) is 0 Å². The van der Waals surface area contributed by atoms with Crippen LogP contribution in [0.25, 0.3) is 0 Å². The van der Waals surface area contributed by atoms with Crippen molar-refractivity contribution in [3.63, 3.8) is 0 Å². The van der Waals surface area contributed by atoms with Crippen molar-refractivity contribution in [3.8, 4) is 0 Å². The third-order valence-corrected chi connectivity index (χ3v) is 13.2. The van der Waals surface area contributed by atoms with Gasteiger partial charge in [-0.05, 0) is 0 Å². The van der Waals surface area contributed by atoms with Gasteiger partial charge in [0.05, 0.1) is 0 Å². The number of aryl methyl sites for hydroxylation is 2. The van der Waals surface area contributed by atoms with Crippen LogP contribution in [0.1, 0.15) is 11.1 Å². The van der Waals surface area contributed by atoms with Gasteiger partial charge in [-0.25, -0.2) is 0 Å². The Bertz CT molecular complexity index is 756. The van der Waals surface area contributed by atoms with E-state index in [0.29, 0.717) is 0 Å². The van der Waals surface area contributed by atoms with Crippen LogP contribution in [0, 0.1) is 0 Å². The van der Waals surface area contributed by atoms with E-state index in [0.717, 1.165) is 12.8 Å². The Labute approximate surface area is 163 Å². The number of hydrogen-bond acceptors (Lipinski definition) is 1. The summed E-state index contributed by atoms with van der Waals surface area (Å²) < 4.78 is -1.23. The maximum atomic E-state index is 3.65. The van der Waals surface area contributed by atoms with E-state index in [4.69, 9.17) is 0 Å². The van der Waals surface area contributed by atoms with Gasteiger partial charge < -0.3 is 0 Å². The monoisotopic (exact) mass is 430 g/mol. The van der Waals surface area contributed by atoms with E-state index in [1.807, 2.05) is 0 Å². The van der Waals surface area contributed by atoms with Gasteiger partial charge in [0.1, 0.15) is 0 Å². The second-order valence-electron chi connectivity index (χ2n) is 6.14. The molecular weight excluding hydrogens is 406 g/mol. The van der Waals surface area contributed by atoms with Crippen LogP contribution in [0.15, 0.2) is 95.9 Å². The van der Waals surface area contributed by atoms with E-state index < -0.39 is 4.71 Å². The Morgan fingerprint density at radius 2 is 1.00 bits per heavy atom. The SMILES string of the molecule is [Se]=P(CCc1ccccc1)(CCc1ccccc1)Sc1ccccc1. The van der Waals surface area contributed by atoms with Gasteiger partial charge in [-0.1, -0.05) is 0 Å². The van der Waals surface area contributed by atoms with Crippen LogP contribution >= 0.6 is 16.1 Å². The standard InChI is InChI=1S/C22H23PSSe/c25-23(24-22-14-8-3-9-15-22,18-16-20-10-4-1-5-11-20)19-17-21-12-6-2-7-13-21/h1-15H,16-19H2. The molecule has 0 aliphatic heterocycles. The first kappa shape index (κ1) is 18.7. The summed E-state index contributed by atoms with van der Waals surface area (Å²) in [5.74, 6) is 0. The Morgan fingerprint density at radius 3 is 1.44 bits per heavy atom. The summed E-state index contributed by atoms with van der Waals surface area (Å²) in [7, 11) is 0. The molecule has 3 heteroatoms. The molecule has 25 heavy (non-hydrogen) atoms. The van der Waals surface area contributed by atoms with E-state index in [2.05, 4.69) is 117 Å². The molecule has 0 bridgehead atoms. The molecule has 3 aromatic rings. The van der Waals surface area contributed by atoms with Gasteiger partial charge in [0.2, 0.25) is 0 Å². The topological polar surface area (TPSA) is 0 Å². The zero-order valence-corrected chi connectivity index (χ0v) is 17.7. The summed E-state index contributed by atoms with van der Waals surface area (Å²) in [6.07, 6.45) is 4.78. The zero-order valence-electron chi connectivity index (χ0n) is 14.3. The van der Waals surface area contributed by atoms with Crippen molar-refractivity contribution >= 4 is 31.2 Å². The predicted octanol–water partition coefficient (Wildman–Crippen LogP) is 6.28. The minimum atomic E-state index is -1.23. The van der Waals surface area contributed by atoms with Crippen molar-refractivity contribution in [2.45, 2.75) is 17.7 Å². The van der Waals surface area contributed by atoms with Crippen molar-refractivity contribution in [1.82, 2.24) is 0 Å². The van der Waals surface area contributed by atoms with Crippen molar-refractivity contribution in [2.75, 3.05) is 12.3 Å². The molecule has 0 radical (unpaired) electrons. The second kappa shape index (κ2) is 9.60. The molecule has 0 N–H and O–H groups in total. The summed E-state index contributed by atoms with van der Waals surface area (Å²) in [5, 5.41) is 0. The molecule has 0 aliphatic rings. The molecule has 128 valence electrons. The second-order valence-corrected chi connectivity index (χ2v) is 17.9. The quantitative estimate of drug-likeness (QED) is 0.300. The molecule has 0 saturated heterocycles. The summed E-state index contributed by atoms with van der Waals surface area (Å²) in [5.41, 5.74) is 2.88. The molecule has 0 aromatic heterocycles. The molecule has 0 amide bonds. The fourth-order valence-corrected chi connectivity index (χ4v) is 10.4. The van der Waals surface area contributed by atoms with Crippen molar-refractivity contribution in [1.29, 1.82) is 0 Å². The summed E-state index contributed by atoms with van der Waals surface area (Å²) in [6.45, 7) is 0. The molecule has 0 fully saturated rings. The van der Waals surface area contributed by atoms with Crippen LogP contribution in [0.3, 0.4) is 0 Å². The average Bonchev–Trinajstić information content (AvgIpc) is 2.68. The van der Waals surface area contributed by atoms with E-state index in [9.17, 15) is 0 Å². The Hall–Kier alpha value is -1.04. The fourth-order valence-electron chi connectivity index (χ4n) is 2.76. The van der Waals surface area contributed by atoms with Crippen LogP contribution in [-0.2, 0) is 12.8 Å². The van der Waals surface area contributed by atoms with Crippen molar-refractivity contribution in [3.05, 3.63) is 102 Å². The molecule has 0 spiro atoms. The molecule has 3 rings (SSSR count). The summed E-state index contributed by atoms with van der Waals surface area (Å²) >= 11 is 5.74. The summed E-state index contributed by atoms with van der Waals surface area (Å²) in [6, 6.07) is 32.6. The van der Waals surface area contributed by atoms with E-state index >= 15 is 0 Å². The molecule has 0 aliphatic carbocycles. The van der Waals surface area contributed by atoms with Gasteiger partial charge in [-0.3, -0.25) is 0 Å².